The van der Waals surface area contributed by atoms with Crippen molar-refractivity contribution < 1.29 is 0 Å². The third-order valence-corrected chi connectivity index (χ3v) is 4.50. The predicted octanol–water partition coefficient (Wildman–Crippen LogP) is 2.27. The zero-order chi connectivity index (χ0) is 8.34. The molecule has 68 valence electrons. The minimum Gasteiger partial charge on any atom is -0.297 e. The van der Waals surface area contributed by atoms with E-state index in [0.29, 0.717) is 5.41 Å². The first-order chi connectivity index (χ1) is 5.68. The van der Waals surface area contributed by atoms with Crippen molar-refractivity contribution in [1.82, 2.24) is 4.90 Å². The topological polar surface area (TPSA) is 3.24 Å². The summed E-state index contributed by atoms with van der Waals surface area (Å²) in [7, 11) is 0. The van der Waals surface area contributed by atoms with Gasteiger partial charge in [-0.1, -0.05) is 13.8 Å². The van der Waals surface area contributed by atoms with Crippen LogP contribution in [-0.4, -0.2) is 23.5 Å². The molecule has 0 amide bonds. The van der Waals surface area contributed by atoms with E-state index < -0.39 is 0 Å². The van der Waals surface area contributed by atoms with Crippen LogP contribution >= 0.6 is 0 Å². The fourth-order valence-corrected chi connectivity index (χ4v) is 4.09. The van der Waals surface area contributed by atoms with Crippen molar-refractivity contribution in [2.24, 2.45) is 11.3 Å². The van der Waals surface area contributed by atoms with Gasteiger partial charge in [0.05, 0.1) is 0 Å². The van der Waals surface area contributed by atoms with Crippen molar-refractivity contribution >= 4 is 0 Å². The van der Waals surface area contributed by atoms with E-state index in [1.165, 1.54) is 32.2 Å². The van der Waals surface area contributed by atoms with Crippen molar-refractivity contribution in [1.29, 1.82) is 0 Å². The van der Waals surface area contributed by atoms with E-state index in [2.05, 4.69) is 18.7 Å². The normalized spacial score (nSPS) is 50.0. The Morgan fingerprint density at radius 2 is 2.17 bits per heavy atom. The lowest BCUT2D eigenvalue weighted by molar-refractivity contribution is 0.0811. The highest BCUT2D eigenvalue weighted by atomic mass is 15.3. The first-order valence-electron chi connectivity index (χ1n) is 5.44. The molecule has 3 unspecified atom stereocenters. The first kappa shape index (κ1) is 7.37. The molecule has 0 N–H and O–H groups in total. The summed E-state index contributed by atoms with van der Waals surface area (Å²) >= 11 is 0. The van der Waals surface area contributed by atoms with Crippen molar-refractivity contribution in [3.8, 4) is 0 Å². The summed E-state index contributed by atoms with van der Waals surface area (Å²) in [6.45, 7) is 6.33. The molecule has 0 aromatic carbocycles. The Bertz CT molecular complexity index is 209. The number of hydrogen-bond acceptors (Lipinski definition) is 1. The molecule has 3 rings (SSSR count). The van der Waals surface area contributed by atoms with Gasteiger partial charge in [0.1, 0.15) is 0 Å². The van der Waals surface area contributed by atoms with Crippen LogP contribution in [0.2, 0.25) is 0 Å². The average Bonchev–Trinajstić information content (AvgIpc) is 2.53. The van der Waals surface area contributed by atoms with Crippen LogP contribution in [0, 0.1) is 11.3 Å². The van der Waals surface area contributed by atoms with Gasteiger partial charge in [-0.2, -0.15) is 0 Å². The van der Waals surface area contributed by atoms with E-state index in [0.717, 1.165) is 18.0 Å². The van der Waals surface area contributed by atoms with Crippen LogP contribution in [-0.2, 0) is 0 Å². The van der Waals surface area contributed by atoms with Crippen LogP contribution in [0.15, 0.2) is 0 Å². The molecule has 1 heteroatoms. The van der Waals surface area contributed by atoms with Crippen LogP contribution in [0.25, 0.3) is 0 Å². The van der Waals surface area contributed by atoms with Gasteiger partial charge in [-0.05, 0) is 43.6 Å². The van der Waals surface area contributed by atoms with E-state index in [1.54, 1.807) is 0 Å². The van der Waals surface area contributed by atoms with E-state index in [1.807, 2.05) is 0 Å². The number of piperidine rings is 1. The molecule has 1 saturated carbocycles. The molecule has 0 aromatic rings. The van der Waals surface area contributed by atoms with Gasteiger partial charge in [-0.25, -0.2) is 0 Å². The third kappa shape index (κ3) is 0.736. The molecular weight excluding hydrogens is 146 g/mol. The Kier molecular flexibility index (Phi) is 1.27. The Labute approximate surface area is 75.1 Å². The van der Waals surface area contributed by atoms with Crippen molar-refractivity contribution in [2.75, 3.05) is 6.54 Å². The number of hydrogen-bond donors (Lipinski definition) is 0. The first-order valence-corrected chi connectivity index (χ1v) is 5.44. The second-order valence-electron chi connectivity index (χ2n) is 5.65. The van der Waals surface area contributed by atoms with Crippen LogP contribution in [0.4, 0.5) is 0 Å². The summed E-state index contributed by atoms with van der Waals surface area (Å²) in [5.74, 6) is 1.06. The summed E-state index contributed by atoms with van der Waals surface area (Å²) in [4.78, 5) is 2.81. The number of fused-ring (bicyclic) bond motifs is 5. The Balaban J connectivity index is 1.93. The van der Waals surface area contributed by atoms with Crippen molar-refractivity contribution in [3.63, 3.8) is 0 Å². The lowest BCUT2D eigenvalue weighted by atomic mass is 9.82. The number of nitrogens with zero attached hydrogens (tertiary/aromatic N) is 1. The van der Waals surface area contributed by atoms with Crippen LogP contribution in [0.3, 0.4) is 0 Å². The van der Waals surface area contributed by atoms with Gasteiger partial charge in [0.2, 0.25) is 0 Å². The maximum absolute atomic E-state index is 2.81. The standard InChI is InChI=1S/C11H19N/c1-11(2)7-8-6-10(11)12-5-3-4-9(8)12/h8-10H,3-7H2,1-2H3. The minimum absolute atomic E-state index is 0.630. The number of rotatable bonds is 0. The quantitative estimate of drug-likeness (QED) is 0.532. The second kappa shape index (κ2) is 2.06. The van der Waals surface area contributed by atoms with Gasteiger partial charge in [0, 0.05) is 12.1 Å². The van der Waals surface area contributed by atoms with E-state index in [9.17, 15) is 0 Å². The van der Waals surface area contributed by atoms with Gasteiger partial charge in [0.15, 0.2) is 0 Å². The Morgan fingerprint density at radius 1 is 1.33 bits per heavy atom. The summed E-state index contributed by atoms with van der Waals surface area (Å²) in [6.07, 6.45) is 5.97. The molecule has 3 atom stereocenters. The van der Waals surface area contributed by atoms with Gasteiger partial charge in [-0.3, -0.25) is 4.90 Å². The van der Waals surface area contributed by atoms with Gasteiger partial charge in [-0.15, -0.1) is 0 Å². The molecule has 1 nitrogen and oxygen atoms in total. The molecule has 2 aliphatic heterocycles. The molecule has 0 radical (unpaired) electrons. The summed E-state index contributed by atoms with van der Waals surface area (Å²) in [5.41, 5.74) is 0.630. The Morgan fingerprint density at radius 3 is 3.00 bits per heavy atom. The van der Waals surface area contributed by atoms with Gasteiger partial charge in [0.25, 0.3) is 0 Å². The third-order valence-electron chi connectivity index (χ3n) is 4.50. The van der Waals surface area contributed by atoms with Crippen LogP contribution < -0.4 is 0 Å². The van der Waals surface area contributed by atoms with E-state index >= 15 is 0 Å². The summed E-state index contributed by atoms with van der Waals surface area (Å²) < 4.78 is 0. The fraction of sp³-hybridized carbons (Fsp3) is 1.00. The summed E-state index contributed by atoms with van der Waals surface area (Å²) in [5, 5.41) is 0. The van der Waals surface area contributed by atoms with Crippen LogP contribution in [0.1, 0.15) is 39.5 Å². The molecule has 3 aliphatic rings. The lowest BCUT2D eigenvalue weighted by Gasteiger charge is -2.40. The van der Waals surface area contributed by atoms with Crippen molar-refractivity contribution in [3.05, 3.63) is 0 Å². The largest absolute Gasteiger partial charge is 0.297 e. The van der Waals surface area contributed by atoms with Gasteiger partial charge < -0.3 is 0 Å². The highest BCUT2D eigenvalue weighted by Crippen LogP contribution is 2.55. The molecule has 3 fully saturated rings. The van der Waals surface area contributed by atoms with E-state index in [-0.39, 0.29) is 0 Å². The highest BCUT2D eigenvalue weighted by molar-refractivity contribution is 5.09. The monoisotopic (exact) mass is 165 g/mol. The highest BCUT2D eigenvalue weighted by Gasteiger charge is 2.55. The molecule has 0 aromatic heterocycles. The maximum Gasteiger partial charge on any atom is 0.0153 e. The molecule has 2 saturated heterocycles. The molecular formula is C11H19N. The minimum atomic E-state index is 0.630. The maximum atomic E-state index is 2.81. The van der Waals surface area contributed by atoms with Gasteiger partial charge >= 0.3 is 0 Å². The molecule has 12 heavy (non-hydrogen) atoms. The van der Waals surface area contributed by atoms with E-state index in [4.69, 9.17) is 0 Å². The zero-order valence-electron chi connectivity index (χ0n) is 8.21. The SMILES string of the molecule is CC1(C)CC2CC1N1CCCC21. The smallest absolute Gasteiger partial charge is 0.0153 e. The lowest BCUT2D eigenvalue weighted by Crippen LogP contribution is -2.45. The second-order valence-corrected chi connectivity index (χ2v) is 5.65. The summed E-state index contributed by atoms with van der Waals surface area (Å²) in [6, 6.07) is 1.94. The zero-order valence-corrected chi connectivity index (χ0v) is 8.21. The molecule has 2 heterocycles. The van der Waals surface area contributed by atoms with Crippen molar-refractivity contribution in [2.45, 2.75) is 51.6 Å². The fourth-order valence-electron chi connectivity index (χ4n) is 4.09. The average molecular weight is 165 g/mol. The molecule has 0 spiro atoms. The van der Waals surface area contributed by atoms with Crippen LogP contribution in [0.5, 0.6) is 0 Å². The molecule has 2 bridgehead atoms. The predicted molar refractivity (Wildman–Crippen MR) is 50.0 cm³/mol. The Hall–Kier alpha value is -0.0400. The molecule has 1 aliphatic carbocycles.